The Bertz CT molecular complexity index is 736. The zero-order valence-electron chi connectivity index (χ0n) is 12.1. The summed E-state index contributed by atoms with van der Waals surface area (Å²) in [5.74, 6) is 1.71. The van der Waals surface area contributed by atoms with E-state index >= 15 is 0 Å². The highest BCUT2D eigenvalue weighted by atomic mass is 16.2. The van der Waals surface area contributed by atoms with Gasteiger partial charge >= 0.3 is 0 Å². The van der Waals surface area contributed by atoms with E-state index in [1.165, 1.54) is 6.42 Å². The molecule has 0 spiro atoms. The summed E-state index contributed by atoms with van der Waals surface area (Å²) < 4.78 is 1.92. The van der Waals surface area contributed by atoms with E-state index in [4.69, 9.17) is 0 Å². The van der Waals surface area contributed by atoms with Crippen molar-refractivity contribution in [1.29, 1.82) is 0 Å². The molecule has 2 aromatic rings. The van der Waals surface area contributed by atoms with Crippen molar-refractivity contribution in [3.8, 4) is 0 Å². The second-order valence-electron chi connectivity index (χ2n) is 6.30. The molecule has 1 saturated heterocycles. The molecule has 2 aliphatic rings. The van der Waals surface area contributed by atoms with Crippen LogP contribution in [0.15, 0.2) is 30.5 Å². The maximum Gasteiger partial charge on any atom is 0.242 e. The lowest BCUT2D eigenvalue weighted by Crippen LogP contribution is -2.33. The average Bonchev–Trinajstić information content (AvgIpc) is 2.93. The number of hydrogen-bond acceptors (Lipinski definition) is 2. The fourth-order valence-corrected chi connectivity index (χ4v) is 3.51. The Morgan fingerprint density at radius 1 is 1.19 bits per heavy atom. The minimum atomic E-state index is 0.0415. The molecule has 21 heavy (non-hydrogen) atoms. The zero-order chi connectivity index (χ0) is 14.6. The number of Topliss-reactive ketones (excluding diaryl/α,β-unsaturated/α-hetero) is 1. The van der Waals surface area contributed by atoms with Gasteiger partial charge in [-0.25, -0.2) is 0 Å². The van der Waals surface area contributed by atoms with Crippen molar-refractivity contribution in [2.75, 3.05) is 13.1 Å². The van der Waals surface area contributed by atoms with E-state index in [9.17, 15) is 9.59 Å². The molecule has 0 bridgehead atoms. The van der Waals surface area contributed by atoms with E-state index < -0.39 is 0 Å². The van der Waals surface area contributed by atoms with Gasteiger partial charge in [0.05, 0.1) is 0 Å². The summed E-state index contributed by atoms with van der Waals surface area (Å²) >= 11 is 0. The fraction of sp³-hybridized carbons (Fsp3) is 0.412. The number of aromatic nitrogens is 1. The predicted molar refractivity (Wildman–Crippen MR) is 80.1 cm³/mol. The molecule has 1 aliphatic carbocycles. The number of carbonyl (C=O) groups is 2. The molecule has 4 heteroatoms. The van der Waals surface area contributed by atoms with Crippen molar-refractivity contribution in [3.63, 3.8) is 0 Å². The number of hydrogen-bond donors (Lipinski definition) is 0. The van der Waals surface area contributed by atoms with Gasteiger partial charge in [-0.2, -0.15) is 0 Å². The Balaban J connectivity index is 1.63. The maximum absolute atomic E-state index is 12.4. The van der Waals surface area contributed by atoms with Gasteiger partial charge < -0.3 is 9.47 Å². The topological polar surface area (TPSA) is 42.3 Å². The number of rotatable bonds is 3. The molecule has 2 atom stereocenters. The van der Waals surface area contributed by atoms with E-state index in [1.807, 2.05) is 39.9 Å². The van der Waals surface area contributed by atoms with Crippen molar-refractivity contribution in [1.82, 2.24) is 9.47 Å². The van der Waals surface area contributed by atoms with Crippen molar-refractivity contribution in [3.05, 3.63) is 36.0 Å². The van der Waals surface area contributed by atoms with Crippen LogP contribution in [0.25, 0.3) is 10.9 Å². The van der Waals surface area contributed by atoms with Crippen LogP contribution in [0.4, 0.5) is 0 Å². The zero-order valence-corrected chi connectivity index (χ0v) is 12.1. The molecule has 2 fully saturated rings. The molecule has 0 N–H and O–H groups in total. The van der Waals surface area contributed by atoms with Gasteiger partial charge in [0.15, 0.2) is 5.78 Å². The van der Waals surface area contributed by atoms with Crippen molar-refractivity contribution >= 4 is 22.6 Å². The number of likely N-dealkylation sites (tertiary alicyclic amines) is 1. The molecule has 1 aromatic heterocycles. The van der Waals surface area contributed by atoms with Gasteiger partial charge in [0, 0.05) is 35.8 Å². The van der Waals surface area contributed by atoms with Gasteiger partial charge in [0.25, 0.3) is 0 Å². The lowest BCUT2D eigenvalue weighted by Gasteiger charge is -2.18. The predicted octanol–water partition coefficient (Wildman–Crippen LogP) is 2.32. The van der Waals surface area contributed by atoms with Crippen molar-refractivity contribution in [2.45, 2.75) is 19.9 Å². The first kappa shape index (κ1) is 12.6. The molecule has 108 valence electrons. The Morgan fingerprint density at radius 3 is 2.62 bits per heavy atom. The highest BCUT2D eigenvalue weighted by Gasteiger charge is 2.46. The van der Waals surface area contributed by atoms with E-state index in [0.29, 0.717) is 12.1 Å². The first-order chi connectivity index (χ1) is 10.1. The van der Waals surface area contributed by atoms with Crippen molar-refractivity contribution < 1.29 is 9.59 Å². The second kappa shape index (κ2) is 4.45. The smallest absolute Gasteiger partial charge is 0.242 e. The normalized spacial score (nSPS) is 23.4. The fourth-order valence-electron chi connectivity index (χ4n) is 3.51. The van der Waals surface area contributed by atoms with Crippen LogP contribution in [0.3, 0.4) is 0 Å². The SMILES string of the molecule is CC(=O)c1cn(CC(=O)N2CC3CC3C2)c2ccccc12. The number of carbonyl (C=O) groups excluding carboxylic acids is 2. The lowest BCUT2D eigenvalue weighted by molar-refractivity contribution is -0.131. The van der Waals surface area contributed by atoms with Crippen LogP contribution >= 0.6 is 0 Å². The average molecular weight is 282 g/mol. The molecule has 4 nitrogen and oxygen atoms in total. The third kappa shape index (κ3) is 2.06. The summed E-state index contributed by atoms with van der Waals surface area (Å²) in [6, 6.07) is 7.78. The monoisotopic (exact) mass is 282 g/mol. The molecule has 1 saturated carbocycles. The Labute approximate surface area is 123 Å². The number of amides is 1. The number of para-hydroxylation sites is 1. The van der Waals surface area contributed by atoms with Crippen molar-refractivity contribution in [2.24, 2.45) is 11.8 Å². The minimum absolute atomic E-state index is 0.0415. The van der Waals surface area contributed by atoms with Crippen LogP contribution in [-0.2, 0) is 11.3 Å². The van der Waals surface area contributed by atoms with Gasteiger partial charge in [0.2, 0.25) is 5.91 Å². The summed E-state index contributed by atoms with van der Waals surface area (Å²) in [7, 11) is 0. The van der Waals surface area contributed by atoms with Crippen LogP contribution < -0.4 is 0 Å². The molecular formula is C17H18N2O2. The number of nitrogens with zero attached hydrogens (tertiary/aromatic N) is 2. The standard InChI is InChI=1S/C17H18N2O2/c1-11(20)15-9-18(16-5-3-2-4-14(15)16)10-17(21)19-7-12-6-13(12)8-19/h2-5,9,12-13H,6-8,10H2,1H3. The molecule has 2 heterocycles. The van der Waals surface area contributed by atoms with Crippen LogP contribution in [0, 0.1) is 11.8 Å². The Hall–Kier alpha value is -2.10. The first-order valence-corrected chi connectivity index (χ1v) is 7.50. The molecule has 1 amide bonds. The van der Waals surface area contributed by atoms with Crippen LogP contribution in [0.2, 0.25) is 0 Å². The van der Waals surface area contributed by atoms with Crippen LogP contribution in [0.1, 0.15) is 23.7 Å². The largest absolute Gasteiger partial charge is 0.341 e. The van der Waals surface area contributed by atoms with E-state index in [0.717, 1.165) is 35.8 Å². The summed E-state index contributed by atoms with van der Waals surface area (Å²) in [5, 5.41) is 0.932. The van der Waals surface area contributed by atoms with Gasteiger partial charge in [-0.15, -0.1) is 0 Å². The molecule has 2 unspecified atom stereocenters. The van der Waals surface area contributed by atoms with Gasteiger partial charge in [-0.05, 0) is 31.2 Å². The highest BCUT2D eigenvalue weighted by Crippen LogP contribution is 2.44. The maximum atomic E-state index is 12.4. The van der Waals surface area contributed by atoms with Gasteiger partial charge in [0.1, 0.15) is 6.54 Å². The summed E-state index contributed by atoms with van der Waals surface area (Å²) in [5.41, 5.74) is 1.66. The Morgan fingerprint density at radius 2 is 1.90 bits per heavy atom. The van der Waals surface area contributed by atoms with Gasteiger partial charge in [-0.1, -0.05) is 18.2 Å². The highest BCUT2D eigenvalue weighted by molar-refractivity contribution is 6.07. The molecule has 1 aromatic carbocycles. The molecule has 1 aliphatic heterocycles. The summed E-state index contributed by atoms with van der Waals surface area (Å²) in [4.78, 5) is 26.2. The second-order valence-corrected chi connectivity index (χ2v) is 6.30. The summed E-state index contributed by atoms with van der Waals surface area (Å²) in [6.07, 6.45) is 3.12. The summed E-state index contributed by atoms with van der Waals surface area (Å²) in [6.45, 7) is 3.74. The number of ketones is 1. The third-order valence-corrected chi connectivity index (χ3v) is 4.81. The van der Waals surface area contributed by atoms with E-state index in [1.54, 1.807) is 6.92 Å². The van der Waals surface area contributed by atoms with E-state index in [2.05, 4.69) is 0 Å². The quantitative estimate of drug-likeness (QED) is 0.811. The number of fused-ring (bicyclic) bond motifs is 2. The number of benzene rings is 1. The lowest BCUT2D eigenvalue weighted by atomic mass is 10.1. The Kier molecular flexibility index (Phi) is 2.67. The van der Waals surface area contributed by atoms with Crippen LogP contribution in [-0.4, -0.2) is 34.2 Å². The minimum Gasteiger partial charge on any atom is -0.341 e. The van der Waals surface area contributed by atoms with Crippen LogP contribution in [0.5, 0.6) is 0 Å². The first-order valence-electron chi connectivity index (χ1n) is 7.50. The third-order valence-electron chi connectivity index (χ3n) is 4.81. The molecule has 0 radical (unpaired) electrons. The number of piperidine rings is 1. The van der Waals surface area contributed by atoms with Gasteiger partial charge in [-0.3, -0.25) is 9.59 Å². The van der Waals surface area contributed by atoms with E-state index in [-0.39, 0.29) is 11.7 Å². The molecule has 4 rings (SSSR count). The molecular weight excluding hydrogens is 264 g/mol.